The molecule has 1 heterocycles. The van der Waals surface area contributed by atoms with Crippen molar-refractivity contribution in [1.82, 2.24) is 4.98 Å². The number of benzene rings is 1. The van der Waals surface area contributed by atoms with Gasteiger partial charge in [-0.2, -0.15) is 0 Å². The summed E-state index contributed by atoms with van der Waals surface area (Å²) >= 11 is 1.59. The molecule has 0 unspecified atom stereocenters. The van der Waals surface area contributed by atoms with E-state index in [1.807, 2.05) is 24.6 Å². The Hall–Kier alpha value is -1.39. The quantitative estimate of drug-likeness (QED) is 0.896. The van der Waals surface area contributed by atoms with Crippen molar-refractivity contribution in [3.63, 3.8) is 0 Å². The zero-order valence-electron chi connectivity index (χ0n) is 8.64. The largest absolute Gasteiger partial charge is 0.366 e. The van der Waals surface area contributed by atoms with Gasteiger partial charge in [-0.1, -0.05) is 12.1 Å². The molecule has 3 nitrogen and oxygen atoms in total. The van der Waals surface area contributed by atoms with Crippen LogP contribution in [0.25, 0.3) is 10.4 Å². The van der Waals surface area contributed by atoms with Crippen LogP contribution in [-0.2, 0) is 0 Å². The van der Waals surface area contributed by atoms with Crippen molar-refractivity contribution in [2.75, 3.05) is 0 Å². The van der Waals surface area contributed by atoms with Gasteiger partial charge in [-0.15, -0.1) is 23.7 Å². The second-order valence-corrected chi connectivity index (χ2v) is 4.06. The number of nitrogens with zero attached hydrogens (tertiary/aromatic N) is 1. The van der Waals surface area contributed by atoms with Gasteiger partial charge in [-0.05, 0) is 24.6 Å². The molecule has 0 aliphatic heterocycles. The lowest BCUT2D eigenvalue weighted by atomic mass is 10.1. The molecule has 1 aromatic carbocycles. The molecule has 16 heavy (non-hydrogen) atoms. The van der Waals surface area contributed by atoms with Crippen molar-refractivity contribution in [2.45, 2.75) is 6.92 Å². The minimum absolute atomic E-state index is 0. The number of carbonyl (C=O) groups is 1. The minimum Gasteiger partial charge on any atom is -0.366 e. The zero-order valence-corrected chi connectivity index (χ0v) is 10.3. The molecular weight excluding hydrogens is 244 g/mol. The second-order valence-electron chi connectivity index (χ2n) is 3.21. The summed E-state index contributed by atoms with van der Waals surface area (Å²) in [5.41, 5.74) is 9.58. The highest BCUT2D eigenvalue weighted by atomic mass is 35.5. The molecular formula is C11H11ClN2OS. The third kappa shape index (κ3) is 2.40. The summed E-state index contributed by atoms with van der Waals surface area (Å²) in [6.07, 6.45) is 0. The molecule has 84 valence electrons. The molecule has 0 spiro atoms. The summed E-state index contributed by atoms with van der Waals surface area (Å²) < 4.78 is 0. The van der Waals surface area contributed by atoms with Gasteiger partial charge in [0.25, 0.3) is 0 Å². The first-order chi connectivity index (χ1) is 7.18. The Morgan fingerprint density at radius 2 is 1.94 bits per heavy atom. The van der Waals surface area contributed by atoms with Gasteiger partial charge in [0.15, 0.2) is 0 Å². The Morgan fingerprint density at radius 1 is 1.31 bits per heavy atom. The molecule has 0 fully saturated rings. The number of nitrogens with two attached hydrogens (primary N) is 1. The van der Waals surface area contributed by atoms with Gasteiger partial charge in [-0.25, -0.2) is 4.98 Å². The standard InChI is InChI=1S/C11H10N2OS.ClH/c1-7-10(15-6-13-7)8-2-4-9(5-3-8)11(12)14;/h2-6H,1H3,(H2,12,14);1H. The van der Waals surface area contributed by atoms with Crippen molar-refractivity contribution >= 4 is 29.7 Å². The monoisotopic (exact) mass is 254 g/mol. The van der Waals surface area contributed by atoms with E-state index in [1.165, 1.54) is 0 Å². The first kappa shape index (κ1) is 12.7. The number of halogens is 1. The van der Waals surface area contributed by atoms with Gasteiger partial charge < -0.3 is 5.73 Å². The Balaban J connectivity index is 0.00000128. The maximum absolute atomic E-state index is 10.9. The van der Waals surface area contributed by atoms with Crippen molar-refractivity contribution < 1.29 is 4.79 Å². The van der Waals surface area contributed by atoms with Crippen LogP contribution in [0.4, 0.5) is 0 Å². The number of carbonyl (C=O) groups excluding carboxylic acids is 1. The molecule has 0 bridgehead atoms. The van der Waals surface area contributed by atoms with Crippen LogP contribution in [0.3, 0.4) is 0 Å². The summed E-state index contributed by atoms with van der Waals surface area (Å²) in [6.45, 7) is 1.97. The lowest BCUT2D eigenvalue weighted by Crippen LogP contribution is -2.10. The Bertz CT molecular complexity index is 493. The van der Waals surface area contributed by atoms with Crippen LogP contribution < -0.4 is 5.73 Å². The van der Waals surface area contributed by atoms with Gasteiger partial charge in [-0.3, -0.25) is 4.79 Å². The van der Waals surface area contributed by atoms with Crippen LogP contribution in [0.15, 0.2) is 29.8 Å². The minimum atomic E-state index is -0.400. The summed E-state index contributed by atoms with van der Waals surface area (Å²) in [7, 11) is 0. The number of thiazole rings is 1. The topological polar surface area (TPSA) is 56.0 Å². The van der Waals surface area contributed by atoms with E-state index < -0.39 is 5.91 Å². The number of hydrogen-bond acceptors (Lipinski definition) is 3. The summed E-state index contributed by atoms with van der Waals surface area (Å²) in [5, 5.41) is 0. The lowest BCUT2D eigenvalue weighted by molar-refractivity contribution is 0.100. The van der Waals surface area contributed by atoms with Crippen LogP contribution in [0.1, 0.15) is 16.1 Å². The third-order valence-electron chi connectivity index (χ3n) is 2.18. The number of rotatable bonds is 2. The van der Waals surface area contributed by atoms with Crippen molar-refractivity contribution in [1.29, 1.82) is 0 Å². The highest BCUT2D eigenvalue weighted by Gasteiger charge is 2.05. The molecule has 0 atom stereocenters. The van der Waals surface area contributed by atoms with Gasteiger partial charge >= 0.3 is 0 Å². The Kier molecular flexibility index (Phi) is 4.04. The van der Waals surface area contributed by atoms with Gasteiger partial charge in [0, 0.05) is 5.56 Å². The molecule has 2 rings (SSSR count). The smallest absolute Gasteiger partial charge is 0.248 e. The maximum atomic E-state index is 10.9. The van der Waals surface area contributed by atoms with Crippen LogP contribution >= 0.6 is 23.7 Å². The highest BCUT2D eigenvalue weighted by Crippen LogP contribution is 2.26. The summed E-state index contributed by atoms with van der Waals surface area (Å²) in [6, 6.07) is 7.24. The van der Waals surface area contributed by atoms with Gasteiger partial charge in [0.05, 0.1) is 16.1 Å². The van der Waals surface area contributed by atoms with Crippen LogP contribution in [-0.4, -0.2) is 10.9 Å². The lowest BCUT2D eigenvalue weighted by Gasteiger charge is -2.00. The van der Waals surface area contributed by atoms with E-state index in [0.717, 1.165) is 16.1 Å². The van der Waals surface area contributed by atoms with E-state index in [4.69, 9.17) is 5.73 Å². The van der Waals surface area contributed by atoms with Crippen LogP contribution in [0.5, 0.6) is 0 Å². The van der Waals surface area contributed by atoms with E-state index in [0.29, 0.717) is 5.56 Å². The average Bonchev–Trinajstić information content (AvgIpc) is 2.65. The number of hydrogen-bond donors (Lipinski definition) is 1. The van der Waals surface area contributed by atoms with Crippen molar-refractivity contribution in [3.05, 3.63) is 41.0 Å². The molecule has 1 aromatic heterocycles. The fourth-order valence-electron chi connectivity index (χ4n) is 1.36. The Labute approximate surface area is 104 Å². The summed E-state index contributed by atoms with van der Waals surface area (Å²) in [4.78, 5) is 16.2. The maximum Gasteiger partial charge on any atom is 0.248 e. The van der Waals surface area contributed by atoms with E-state index in [2.05, 4.69) is 4.98 Å². The normalized spacial score (nSPS) is 9.56. The second kappa shape index (κ2) is 5.09. The Morgan fingerprint density at radius 3 is 2.38 bits per heavy atom. The number of aryl methyl sites for hydroxylation is 1. The fourth-order valence-corrected chi connectivity index (χ4v) is 2.18. The molecule has 2 aromatic rings. The predicted molar refractivity (Wildman–Crippen MR) is 68.1 cm³/mol. The molecule has 0 aliphatic carbocycles. The van der Waals surface area contributed by atoms with E-state index in [1.54, 1.807) is 23.5 Å². The molecule has 0 aliphatic rings. The third-order valence-corrected chi connectivity index (χ3v) is 3.15. The zero-order chi connectivity index (χ0) is 10.8. The molecule has 0 saturated carbocycles. The molecule has 0 saturated heterocycles. The SMILES string of the molecule is Cc1ncsc1-c1ccc(C(N)=O)cc1.Cl. The number of primary amides is 1. The van der Waals surface area contributed by atoms with Crippen molar-refractivity contribution in [2.24, 2.45) is 5.73 Å². The van der Waals surface area contributed by atoms with E-state index in [-0.39, 0.29) is 12.4 Å². The van der Waals surface area contributed by atoms with E-state index >= 15 is 0 Å². The molecule has 1 amide bonds. The van der Waals surface area contributed by atoms with Crippen LogP contribution in [0.2, 0.25) is 0 Å². The van der Waals surface area contributed by atoms with E-state index in [9.17, 15) is 4.79 Å². The highest BCUT2D eigenvalue weighted by molar-refractivity contribution is 7.13. The fraction of sp³-hybridized carbons (Fsp3) is 0.0909. The first-order valence-corrected chi connectivity index (χ1v) is 5.37. The number of aromatic nitrogens is 1. The number of amides is 1. The molecule has 0 radical (unpaired) electrons. The van der Waals surface area contributed by atoms with Crippen molar-refractivity contribution in [3.8, 4) is 10.4 Å². The molecule has 2 N–H and O–H groups in total. The predicted octanol–water partition coefficient (Wildman–Crippen LogP) is 2.64. The summed E-state index contributed by atoms with van der Waals surface area (Å²) in [5.74, 6) is -0.400. The first-order valence-electron chi connectivity index (χ1n) is 4.49. The van der Waals surface area contributed by atoms with Gasteiger partial charge in [0.2, 0.25) is 5.91 Å². The average molecular weight is 255 g/mol. The van der Waals surface area contributed by atoms with Crippen LogP contribution in [0, 0.1) is 6.92 Å². The molecule has 5 heteroatoms. The van der Waals surface area contributed by atoms with Gasteiger partial charge in [0.1, 0.15) is 0 Å².